The van der Waals surface area contributed by atoms with Gasteiger partial charge in [0.15, 0.2) is 0 Å². The number of rotatable bonds is 6. The summed E-state index contributed by atoms with van der Waals surface area (Å²) in [5, 5.41) is 22.1. The van der Waals surface area contributed by atoms with E-state index in [1.54, 1.807) is 19.3 Å². The van der Waals surface area contributed by atoms with Gasteiger partial charge in [-0.2, -0.15) is 5.26 Å². The highest BCUT2D eigenvalue weighted by atomic mass is 35.5. The molecule has 1 aromatic carbocycles. The molecule has 3 aromatic rings. The summed E-state index contributed by atoms with van der Waals surface area (Å²) < 4.78 is 12.6. The molecule has 176 valence electrons. The number of carbonyl (C=O) groups excluding carboxylic acids is 1. The van der Waals surface area contributed by atoms with E-state index >= 15 is 0 Å². The molecule has 1 amide bonds. The SMILES string of the molecule is COc1ccc(-n2c(C)cc(/C=C(/C#N)C(=O)Nc3nnc(N4CCOCC4)s3)c2C)cc1Cl. The zero-order valence-corrected chi connectivity index (χ0v) is 20.5. The van der Waals surface area contributed by atoms with Crippen molar-refractivity contribution in [3.63, 3.8) is 0 Å². The first-order valence-corrected chi connectivity index (χ1v) is 11.7. The van der Waals surface area contributed by atoms with Crippen molar-refractivity contribution in [2.45, 2.75) is 13.8 Å². The number of aryl methyl sites for hydroxylation is 1. The summed E-state index contributed by atoms with van der Waals surface area (Å²) in [6, 6.07) is 9.42. The Morgan fingerprint density at radius 1 is 1.29 bits per heavy atom. The average molecular weight is 499 g/mol. The second kappa shape index (κ2) is 10.3. The Bertz CT molecular complexity index is 1290. The summed E-state index contributed by atoms with van der Waals surface area (Å²) in [7, 11) is 1.57. The van der Waals surface area contributed by atoms with Gasteiger partial charge in [-0.3, -0.25) is 10.1 Å². The number of nitrogens with zero attached hydrogens (tertiary/aromatic N) is 5. The van der Waals surface area contributed by atoms with Crippen LogP contribution in [-0.4, -0.2) is 54.1 Å². The number of nitrogens with one attached hydrogen (secondary N) is 1. The Morgan fingerprint density at radius 3 is 2.74 bits per heavy atom. The van der Waals surface area contributed by atoms with Crippen LogP contribution < -0.4 is 15.0 Å². The van der Waals surface area contributed by atoms with E-state index in [4.69, 9.17) is 21.1 Å². The molecule has 0 radical (unpaired) electrons. The van der Waals surface area contributed by atoms with Crippen molar-refractivity contribution >= 4 is 45.2 Å². The number of anilines is 2. The predicted molar refractivity (Wildman–Crippen MR) is 132 cm³/mol. The van der Waals surface area contributed by atoms with E-state index in [2.05, 4.69) is 20.4 Å². The Morgan fingerprint density at radius 2 is 2.06 bits per heavy atom. The number of ether oxygens (including phenoxy) is 2. The van der Waals surface area contributed by atoms with E-state index < -0.39 is 5.91 Å². The van der Waals surface area contributed by atoms with Crippen molar-refractivity contribution < 1.29 is 14.3 Å². The molecule has 1 aliphatic heterocycles. The molecule has 9 nitrogen and oxygen atoms in total. The fraction of sp³-hybridized carbons (Fsp3) is 0.304. The molecule has 3 heterocycles. The monoisotopic (exact) mass is 498 g/mol. The molecule has 0 unspecified atom stereocenters. The molecular formula is C23H23ClN6O3S. The minimum Gasteiger partial charge on any atom is -0.495 e. The van der Waals surface area contributed by atoms with Gasteiger partial charge in [0.05, 0.1) is 25.3 Å². The van der Waals surface area contributed by atoms with Crippen LogP contribution in [0.5, 0.6) is 5.75 Å². The number of methoxy groups -OCH3 is 1. The summed E-state index contributed by atoms with van der Waals surface area (Å²) in [5.41, 5.74) is 3.37. The number of morpholine rings is 1. The highest BCUT2D eigenvalue weighted by Gasteiger charge is 2.19. The number of nitriles is 1. The summed E-state index contributed by atoms with van der Waals surface area (Å²) in [6.07, 6.45) is 1.57. The fourth-order valence-corrected chi connectivity index (χ4v) is 4.79. The van der Waals surface area contributed by atoms with Gasteiger partial charge in [0, 0.05) is 30.2 Å². The van der Waals surface area contributed by atoms with Gasteiger partial charge >= 0.3 is 0 Å². The maximum Gasteiger partial charge on any atom is 0.268 e. The van der Waals surface area contributed by atoms with Crippen LogP contribution in [0, 0.1) is 25.2 Å². The molecule has 11 heteroatoms. The van der Waals surface area contributed by atoms with Gasteiger partial charge < -0.3 is 18.9 Å². The Balaban J connectivity index is 1.55. The third kappa shape index (κ3) is 4.92. The molecule has 0 saturated carbocycles. The summed E-state index contributed by atoms with van der Waals surface area (Å²) in [6.45, 7) is 6.57. The molecule has 1 saturated heterocycles. The predicted octanol–water partition coefficient (Wildman–Crippen LogP) is 3.99. The lowest BCUT2D eigenvalue weighted by atomic mass is 10.1. The lowest BCUT2D eigenvalue weighted by Gasteiger charge is -2.25. The number of aromatic nitrogens is 3. The number of carbonyl (C=O) groups is 1. The minimum atomic E-state index is -0.538. The second-order valence-corrected chi connectivity index (χ2v) is 8.96. The molecule has 0 atom stereocenters. The van der Waals surface area contributed by atoms with Crippen molar-refractivity contribution in [3.05, 3.63) is 51.8 Å². The third-order valence-corrected chi connectivity index (χ3v) is 6.64. The number of hydrogen-bond acceptors (Lipinski definition) is 8. The highest BCUT2D eigenvalue weighted by molar-refractivity contribution is 7.19. The molecule has 1 aliphatic rings. The standard InChI is InChI=1S/C23H23ClN6O3S/c1-14-10-16(15(2)30(14)18-4-5-20(32-3)19(24)12-18)11-17(13-25)21(31)26-22-27-28-23(34-22)29-6-8-33-9-7-29/h4-5,10-12H,6-9H2,1-3H3,(H,26,27,31)/b17-11-. The van der Waals surface area contributed by atoms with E-state index in [0.29, 0.717) is 34.2 Å². The number of amides is 1. The quantitative estimate of drug-likeness (QED) is 0.404. The number of benzene rings is 1. The van der Waals surface area contributed by atoms with Crippen LogP contribution in [-0.2, 0) is 9.53 Å². The number of hydrogen-bond donors (Lipinski definition) is 1. The van der Waals surface area contributed by atoms with Crippen LogP contribution in [0.15, 0.2) is 29.8 Å². The van der Waals surface area contributed by atoms with E-state index in [1.807, 2.05) is 42.7 Å². The van der Waals surface area contributed by atoms with Gasteiger partial charge in [0.25, 0.3) is 5.91 Å². The minimum absolute atomic E-state index is 0.0314. The topological polar surface area (TPSA) is 105 Å². The second-order valence-electron chi connectivity index (χ2n) is 7.59. The van der Waals surface area contributed by atoms with Gasteiger partial charge in [-0.15, -0.1) is 10.2 Å². The zero-order chi connectivity index (χ0) is 24.2. The molecule has 0 aliphatic carbocycles. The van der Waals surface area contributed by atoms with Crippen molar-refractivity contribution in [3.8, 4) is 17.5 Å². The Labute approximate surface area is 206 Å². The fourth-order valence-electron chi connectivity index (χ4n) is 3.74. The maximum atomic E-state index is 12.8. The van der Waals surface area contributed by atoms with Crippen LogP contribution in [0.25, 0.3) is 11.8 Å². The van der Waals surface area contributed by atoms with E-state index in [1.165, 1.54) is 11.3 Å². The lowest BCUT2D eigenvalue weighted by molar-refractivity contribution is -0.112. The van der Waals surface area contributed by atoms with Crippen LogP contribution in [0.2, 0.25) is 5.02 Å². The molecule has 1 fully saturated rings. The van der Waals surface area contributed by atoms with E-state index in [-0.39, 0.29) is 5.57 Å². The maximum absolute atomic E-state index is 12.8. The van der Waals surface area contributed by atoms with Crippen LogP contribution >= 0.6 is 22.9 Å². The van der Waals surface area contributed by atoms with Gasteiger partial charge in [-0.05, 0) is 49.8 Å². The third-order valence-electron chi connectivity index (χ3n) is 5.45. The molecule has 4 rings (SSSR count). The van der Waals surface area contributed by atoms with Crippen LogP contribution in [0.3, 0.4) is 0 Å². The Hall–Kier alpha value is -3.39. The molecule has 2 aromatic heterocycles. The van der Waals surface area contributed by atoms with Crippen molar-refractivity contribution in [2.24, 2.45) is 0 Å². The molecule has 34 heavy (non-hydrogen) atoms. The van der Waals surface area contributed by atoms with Crippen molar-refractivity contribution in [2.75, 3.05) is 43.6 Å². The van der Waals surface area contributed by atoms with Crippen molar-refractivity contribution in [1.29, 1.82) is 5.26 Å². The van der Waals surface area contributed by atoms with Gasteiger partial charge in [0.1, 0.15) is 17.4 Å². The zero-order valence-electron chi connectivity index (χ0n) is 19.0. The normalized spacial score (nSPS) is 14.1. The first-order chi connectivity index (χ1) is 16.4. The van der Waals surface area contributed by atoms with Gasteiger partial charge in [-0.25, -0.2) is 0 Å². The Kier molecular flexibility index (Phi) is 7.17. The first-order valence-electron chi connectivity index (χ1n) is 10.5. The molecule has 0 bridgehead atoms. The smallest absolute Gasteiger partial charge is 0.268 e. The summed E-state index contributed by atoms with van der Waals surface area (Å²) in [5.74, 6) is 0.0503. The van der Waals surface area contributed by atoms with Gasteiger partial charge in [-0.1, -0.05) is 22.9 Å². The molecule has 1 N–H and O–H groups in total. The number of halogens is 1. The van der Waals surface area contributed by atoms with Gasteiger partial charge in [0.2, 0.25) is 10.3 Å². The summed E-state index contributed by atoms with van der Waals surface area (Å²) >= 11 is 7.57. The summed E-state index contributed by atoms with van der Waals surface area (Å²) in [4.78, 5) is 14.8. The highest BCUT2D eigenvalue weighted by Crippen LogP contribution is 2.30. The average Bonchev–Trinajstić information content (AvgIpc) is 3.41. The lowest BCUT2D eigenvalue weighted by Crippen LogP contribution is -2.36. The first kappa shape index (κ1) is 23.8. The van der Waals surface area contributed by atoms with Crippen LogP contribution in [0.4, 0.5) is 10.3 Å². The molecular weight excluding hydrogens is 476 g/mol. The van der Waals surface area contributed by atoms with E-state index in [9.17, 15) is 10.1 Å². The van der Waals surface area contributed by atoms with Crippen LogP contribution in [0.1, 0.15) is 17.0 Å². The van der Waals surface area contributed by atoms with Crippen molar-refractivity contribution in [1.82, 2.24) is 14.8 Å². The molecule has 0 spiro atoms. The van der Waals surface area contributed by atoms with E-state index in [0.717, 1.165) is 35.7 Å². The largest absolute Gasteiger partial charge is 0.495 e.